The van der Waals surface area contributed by atoms with Crippen molar-refractivity contribution in [3.63, 3.8) is 0 Å². The number of amides is 1. The number of esters is 1. The van der Waals surface area contributed by atoms with Crippen LogP contribution in [0.15, 0.2) is 12.1 Å². The lowest BCUT2D eigenvalue weighted by atomic mass is 10.0. The number of rotatable bonds is 5. The molecule has 1 rings (SSSR count). The highest BCUT2D eigenvalue weighted by Gasteiger charge is 2.27. The molecule has 0 aliphatic heterocycles. The van der Waals surface area contributed by atoms with E-state index in [-0.39, 0.29) is 11.6 Å². The van der Waals surface area contributed by atoms with Crippen molar-refractivity contribution in [1.82, 2.24) is 10.3 Å². The lowest BCUT2D eigenvalue weighted by molar-refractivity contribution is -0.144. The molecular weight excluding hydrogens is 263 g/mol. The summed E-state index contributed by atoms with van der Waals surface area (Å²) in [5, 5.41) is 2.46. The summed E-state index contributed by atoms with van der Waals surface area (Å²) >= 11 is 0. The highest BCUT2D eigenvalue weighted by molar-refractivity contribution is 5.95. The Kier molecular flexibility index (Phi) is 5.61. The summed E-state index contributed by atoms with van der Waals surface area (Å²) in [6.45, 7) is 5.37. The average molecular weight is 282 g/mol. The van der Waals surface area contributed by atoms with Crippen molar-refractivity contribution in [2.24, 2.45) is 5.92 Å². The number of pyridine rings is 1. The van der Waals surface area contributed by atoms with Crippen LogP contribution >= 0.6 is 0 Å². The second-order valence-corrected chi connectivity index (χ2v) is 4.70. The minimum absolute atomic E-state index is 0.177. The van der Waals surface area contributed by atoms with Crippen molar-refractivity contribution in [1.29, 1.82) is 0 Å². The Bertz CT molecular complexity index is 503. The Balaban J connectivity index is 2.97. The number of aryl methyl sites for hydroxylation is 1. The Hall–Kier alpha value is -1.98. The number of hydrogen-bond acceptors (Lipinski definition) is 4. The summed E-state index contributed by atoms with van der Waals surface area (Å²) in [4.78, 5) is 27.6. The van der Waals surface area contributed by atoms with Gasteiger partial charge < -0.3 is 10.1 Å². The number of nitrogens with zero attached hydrogens (tertiary/aromatic N) is 1. The van der Waals surface area contributed by atoms with Gasteiger partial charge in [-0.3, -0.25) is 4.79 Å². The molecule has 1 amide bonds. The van der Waals surface area contributed by atoms with E-state index in [1.54, 1.807) is 13.8 Å². The standard InChI is InChI=1S/C14H19FN2O3/c1-5-9-6-7-10(15)12(16-9)13(18)17-11(8(2)3)14(19)20-4/h6-8,11H,5H2,1-4H3,(H,17,18). The predicted molar refractivity (Wildman–Crippen MR) is 71.7 cm³/mol. The topological polar surface area (TPSA) is 68.3 Å². The lowest BCUT2D eigenvalue weighted by Gasteiger charge is -2.19. The van der Waals surface area contributed by atoms with Gasteiger partial charge in [0.25, 0.3) is 5.91 Å². The molecule has 110 valence electrons. The van der Waals surface area contributed by atoms with Gasteiger partial charge in [-0.25, -0.2) is 14.2 Å². The fourth-order valence-corrected chi connectivity index (χ4v) is 1.67. The molecule has 0 radical (unpaired) electrons. The molecule has 6 heteroatoms. The van der Waals surface area contributed by atoms with Crippen LogP contribution in [0, 0.1) is 11.7 Å². The molecule has 0 bridgehead atoms. The summed E-state index contributed by atoms with van der Waals surface area (Å²) in [6.07, 6.45) is 0.588. The molecule has 1 N–H and O–H groups in total. The van der Waals surface area contributed by atoms with Gasteiger partial charge in [-0.1, -0.05) is 20.8 Å². The first-order valence-corrected chi connectivity index (χ1v) is 6.44. The summed E-state index contributed by atoms with van der Waals surface area (Å²) in [7, 11) is 1.24. The molecule has 1 aromatic heterocycles. The van der Waals surface area contributed by atoms with Crippen molar-refractivity contribution in [3.8, 4) is 0 Å². The molecule has 1 unspecified atom stereocenters. The molecule has 0 saturated heterocycles. The van der Waals surface area contributed by atoms with Gasteiger partial charge >= 0.3 is 5.97 Å². The number of halogens is 1. The second-order valence-electron chi connectivity index (χ2n) is 4.70. The van der Waals surface area contributed by atoms with Crippen LogP contribution in [0.2, 0.25) is 0 Å². The van der Waals surface area contributed by atoms with E-state index < -0.39 is 23.7 Å². The largest absolute Gasteiger partial charge is 0.467 e. The number of nitrogens with one attached hydrogen (secondary N) is 1. The zero-order chi connectivity index (χ0) is 15.3. The van der Waals surface area contributed by atoms with Gasteiger partial charge in [0.2, 0.25) is 0 Å². The minimum atomic E-state index is -0.834. The summed E-state index contributed by atoms with van der Waals surface area (Å²) in [6, 6.07) is 1.88. The molecule has 1 atom stereocenters. The van der Waals surface area contributed by atoms with Crippen LogP contribution in [0.3, 0.4) is 0 Å². The molecule has 1 aromatic rings. The van der Waals surface area contributed by atoms with Crippen LogP contribution in [0.5, 0.6) is 0 Å². The van der Waals surface area contributed by atoms with E-state index in [9.17, 15) is 14.0 Å². The molecule has 0 saturated carbocycles. The van der Waals surface area contributed by atoms with E-state index in [1.165, 1.54) is 19.2 Å². The van der Waals surface area contributed by atoms with Crippen molar-refractivity contribution in [2.75, 3.05) is 7.11 Å². The SMILES string of the molecule is CCc1ccc(F)c(C(=O)NC(C(=O)OC)C(C)C)n1. The number of aromatic nitrogens is 1. The third kappa shape index (κ3) is 3.76. The molecule has 0 spiro atoms. The van der Waals surface area contributed by atoms with E-state index in [4.69, 9.17) is 0 Å². The summed E-state index contributed by atoms with van der Waals surface area (Å²) < 4.78 is 18.3. The third-order valence-corrected chi connectivity index (χ3v) is 2.89. The Morgan fingerprint density at radius 3 is 2.55 bits per heavy atom. The van der Waals surface area contributed by atoms with E-state index >= 15 is 0 Å². The third-order valence-electron chi connectivity index (χ3n) is 2.89. The van der Waals surface area contributed by atoms with Gasteiger partial charge in [-0.15, -0.1) is 0 Å². The van der Waals surface area contributed by atoms with Crippen LogP contribution in [-0.4, -0.2) is 30.0 Å². The van der Waals surface area contributed by atoms with Crippen LogP contribution in [0.4, 0.5) is 4.39 Å². The molecule has 20 heavy (non-hydrogen) atoms. The van der Waals surface area contributed by atoms with Crippen LogP contribution < -0.4 is 5.32 Å². The van der Waals surface area contributed by atoms with E-state index in [2.05, 4.69) is 15.0 Å². The molecule has 0 aromatic carbocycles. The molecular formula is C14H19FN2O3. The summed E-state index contributed by atoms with van der Waals surface area (Å²) in [5.74, 6) is -2.18. The van der Waals surface area contributed by atoms with E-state index in [0.29, 0.717) is 12.1 Å². The van der Waals surface area contributed by atoms with Crippen LogP contribution in [0.25, 0.3) is 0 Å². The minimum Gasteiger partial charge on any atom is -0.467 e. The first-order valence-electron chi connectivity index (χ1n) is 6.44. The zero-order valence-electron chi connectivity index (χ0n) is 12.1. The smallest absolute Gasteiger partial charge is 0.328 e. The number of carbonyl (C=O) groups excluding carboxylic acids is 2. The normalized spacial score (nSPS) is 12.1. The zero-order valence-corrected chi connectivity index (χ0v) is 12.1. The van der Waals surface area contributed by atoms with E-state index in [1.807, 2.05) is 6.92 Å². The molecule has 0 fully saturated rings. The Labute approximate surface area is 117 Å². The maximum Gasteiger partial charge on any atom is 0.328 e. The monoisotopic (exact) mass is 282 g/mol. The fraction of sp³-hybridized carbons (Fsp3) is 0.500. The highest BCUT2D eigenvalue weighted by atomic mass is 19.1. The summed E-state index contributed by atoms with van der Waals surface area (Å²) in [5.41, 5.74) is 0.301. The van der Waals surface area contributed by atoms with Gasteiger partial charge in [0, 0.05) is 5.69 Å². The van der Waals surface area contributed by atoms with Crippen molar-refractivity contribution >= 4 is 11.9 Å². The lowest BCUT2D eigenvalue weighted by Crippen LogP contribution is -2.45. The average Bonchev–Trinajstić information content (AvgIpc) is 2.43. The van der Waals surface area contributed by atoms with Crippen molar-refractivity contribution in [2.45, 2.75) is 33.2 Å². The van der Waals surface area contributed by atoms with Crippen LogP contribution in [0.1, 0.15) is 37.0 Å². The molecule has 0 aliphatic carbocycles. The van der Waals surface area contributed by atoms with Gasteiger partial charge in [0.1, 0.15) is 6.04 Å². The van der Waals surface area contributed by atoms with Crippen molar-refractivity contribution < 1.29 is 18.7 Å². The number of carbonyl (C=O) groups is 2. The fourth-order valence-electron chi connectivity index (χ4n) is 1.67. The molecule has 5 nitrogen and oxygen atoms in total. The second kappa shape index (κ2) is 6.98. The number of ether oxygens (including phenoxy) is 1. The van der Waals surface area contributed by atoms with Crippen molar-refractivity contribution in [3.05, 3.63) is 29.3 Å². The predicted octanol–water partition coefficient (Wildman–Crippen LogP) is 1.71. The van der Waals surface area contributed by atoms with E-state index in [0.717, 1.165) is 0 Å². The first-order chi connectivity index (χ1) is 9.40. The molecule has 1 heterocycles. The maximum atomic E-state index is 13.7. The van der Waals surface area contributed by atoms with Gasteiger partial charge in [-0.05, 0) is 24.5 Å². The number of hydrogen-bond donors (Lipinski definition) is 1. The maximum absolute atomic E-state index is 13.7. The first kappa shape index (κ1) is 16.1. The molecule has 0 aliphatic rings. The highest BCUT2D eigenvalue weighted by Crippen LogP contribution is 2.09. The quantitative estimate of drug-likeness (QED) is 0.835. The van der Waals surface area contributed by atoms with Gasteiger partial charge in [0.15, 0.2) is 11.5 Å². The number of methoxy groups -OCH3 is 1. The van der Waals surface area contributed by atoms with Crippen LogP contribution in [-0.2, 0) is 16.0 Å². The van der Waals surface area contributed by atoms with Gasteiger partial charge in [-0.2, -0.15) is 0 Å². The Morgan fingerprint density at radius 2 is 2.05 bits per heavy atom. The van der Waals surface area contributed by atoms with Gasteiger partial charge in [0.05, 0.1) is 7.11 Å². The Morgan fingerprint density at radius 1 is 1.40 bits per heavy atom.